The van der Waals surface area contributed by atoms with Gasteiger partial charge < -0.3 is 9.47 Å². The molecule has 0 heterocycles. The number of methoxy groups -OCH3 is 2. The van der Waals surface area contributed by atoms with Crippen molar-refractivity contribution in [1.29, 1.82) is 0 Å². The van der Waals surface area contributed by atoms with Crippen LogP contribution in [-0.2, 0) is 0 Å². The lowest BCUT2D eigenvalue weighted by atomic mass is 9.36. The quantitative estimate of drug-likeness (QED) is 0.755. The lowest BCUT2D eigenvalue weighted by molar-refractivity contribution is 0.0341. The van der Waals surface area contributed by atoms with E-state index in [-0.39, 0.29) is 10.8 Å². The lowest BCUT2D eigenvalue weighted by Gasteiger charge is -2.66. The van der Waals surface area contributed by atoms with Gasteiger partial charge in [-0.25, -0.2) is 0 Å². The summed E-state index contributed by atoms with van der Waals surface area (Å²) in [7, 11) is 3.55. The zero-order chi connectivity index (χ0) is 14.9. The van der Waals surface area contributed by atoms with Crippen molar-refractivity contribution in [1.82, 2.24) is 0 Å². The molecule has 0 amide bonds. The highest BCUT2D eigenvalue weighted by Crippen LogP contribution is 2.76. The molecular formula is C20H20O2. The molecule has 0 saturated carbocycles. The summed E-state index contributed by atoms with van der Waals surface area (Å²) in [5.41, 5.74) is 3.19. The van der Waals surface area contributed by atoms with E-state index < -0.39 is 0 Å². The van der Waals surface area contributed by atoms with Gasteiger partial charge in [0.2, 0.25) is 0 Å². The second kappa shape index (κ2) is 3.87. The molecule has 2 bridgehead atoms. The summed E-state index contributed by atoms with van der Waals surface area (Å²) in [4.78, 5) is 0. The maximum Gasteiger partial charge on any atom is 0.123 e. The molecule has 0 N–H and O–H groups in total. The SMILES string of the molecule is COc1ccc(OC)c2c1[C@H]1C=C[C@H]2[C@@]23C=C[C@]12CC=CC3. The molecule has 0 spiro atoms. The predicted octanol–water partition coefficient (Wildman–Crippen LogP) is 4.35. The van der Waals surface area contributed by atoms with Gasteiger partial charge in [-0.15, -0.1) is 0 Å². The summed E-state index contributed by atoms with van der Waals surface area (Å²) in [6, 6.07) is 4.12. The average Bonchev–Trinajstić information content (AvgIpc) is 2.55. The molecule has 1 aromatic rings. The van der Waals surface area contributed by atoms with Crippen molar-refractivity contribution in [2.24, 2.45) is 10.8 Å². The Morgan fingerprint density at radius 2 is 1.27 bits per heavy atom. The predicted molar refractivity (Wildman–Crippen MR) is 86.5 cm³/mol. The van der Waals surface area contributed by atoms with E-state index in [4.69, 9.17) is 9.47 Å². The highest BCUT2D eigenvalue weighted by molar-refractivity contribution is 5.65. The Balaban J connectivity index is 1.84. The van der Waals surface area contributed by atoms with Crippen molar-refractivity contribution >= 4 is 0 Å². The third kappa shape index (κ3) is 1.10. The standard InChI is InChI=1S/C20H20O2/c1-21-15-7-8-16(22-2)18-14-6-5-13(17(15)18)19-9-3-4-10-20(14,19)12-11-19/h3-8,11-14H,9-10H2,1-2H3/t13-,14-,19-,20-/m1/s1. The fourth-order valence-corrected chi connectivity index (χ4v) is 5.49. The molecule has 4 atom stereocenters. The molecule has 6 rings (SSSR count). The van der Waals surface area contributed by atoms with Crippen molar-refractivity contribution in [3.63, 3.8) is 0 Å². The van der Waals surface area contributed by atoms with Crippen LogP contribution in [0.15, 0.2) is 48.6 Å². The highest BCUT2D eigenvalue weighted by atomic mass is 16.5. The van der Waals surface area contributed by atoms with Gasteiger partial charge >= 0.3 is 0 Å². The first-order valence-corrected chi connectivity index (χ1v) is 8.06. The van der Waals surface area contributed by atoms with Crippen LogP contribution in [-0.4, -0.2) is 14.2 Å². The van der Waals surface area contributed by atoms with Crippen LogP contribution in [0, 0.1) is 10.8 Å². The minimum absolute atomic E-state index is 0.244. The maximum atomic E-state index is 5.71. The summed E-state index contributed by atoms with van der Waals surface area (Å²) in [6.07, 6.45) is 16.7. The van der Waals surface area contributed by atoms with Crippen LogP contribution in [0.4, 0.5) is 0 Å². The molecule has 112 valence electrons. The smallest absolute Gasteiger partial charge is 0.123 e. The van der Waals surface area contributed by atoms with E-state index in [0.29, 0.717) is 11.8 Å². The molecule has 0 saturated heterocycles. The highest BCUT2D eigenvalue weighted by Gasteiger charge is 2.66. The Hall–Kier alpha value is -1.96. The molecule has 0 aliphatic heterocycles. The van der Waals surface area contributed by atoms with Crippen LogP contribution in [0.5, 0.6) is 11.5 Å². The second-order valence-corrected chi connectivity index (χ2v) is 6.93. The van der Waals surface area contributed by atoms with Gasteiger partial charge in [0.25, 0.3) is 0 Å². The Morgan fingerprint density at radius 3 is 1.64 bits per heavy atom. The fraction of sp³-hybridized carbons (Fsp3) is 0.400. The van der Waals surface area contributed by atoms with Gasteiger partial charge in [-0.05, 0) is 25.0 Å². The molecular weight excluding hydrogens is 272 g/mol. The number of hydrogen-bond acceptors (Lipinski definition) is 2. The Bertz CT molecular complexity index is 696. The second-order valence-electron chi connectivity index (χ2n) is 6.93. The van der Waals surface area contributed by atoms with Crippen LogP contribution in [0.25, 0.3) is 0 Å². The van der Waals surface area contributed by atoms with Crippen LogP contribution >= 0.6 is 0 Å². The van der Waals surface area contributed by atoms with Gasteiger partial charge in [0.1, 0.15) is 11.5 Å². The van der Waals surface area contributed by atoms with Crippen molar-refractivity contribution in [3.8, 4) is 11.5 Å². The summed E-state index contributed by atoms with van der Waals surface area (Å²) < 4.78 is 11.4. The largest absolute Gasteiger partial charge is 0.496 e. The molecule has 0 aromatic heterocycles. The number of rotatable bonds is 2. The molecule has 1 aromatic carbocycles. The first-order chi connectivity index (χ1) is 10.8. The van der Waals surface area contributed by atoms with Gasteiger partial charge in [-0.1, -0.05) is 36.5 Å². The van der Waals surface area contributed by atoms with Gasteiger partial charge in [0.15, 0.2) is 0 Å². The Kier molecular flexibility index (Phi) is 2.21. The number of hydrogen-bond donors (Lipinski definition) is 0. The van der Waals surface area contributed by atoms with Gasteiger partial charge in [-0.2, -0.15) is 0 Å². The van der Waals surface area contributed by atoms with Crippen LogP contribution in [0.3, 0.4) is 0 Å². The van der Waals surface area contributed by atoms with Gasteiger partial charge in [0.05, 0.1) is 14.2 Å². The summed E-state index contributed by atoms with van der Waals surface area (Å²) in [5.74, 6) is 2.81. The minimum Gasteiger partial charge on any atom is -0.496 e. The normalized spacial score (nSPS) is 38.8. The van der Waals surface area contributed by atoms with E-state index in [1.165, 1.54) is 11.1 Å². The van der Waals surface area contributed by atoms with E-state index in [9.17, 15) is 0 Å². The van der Waals surface area contributed by atoms with Crippen LogP contribution in [0.1, 0.15) is 35.8 Å². The van der Waals surface area contributed by atoms with Crippen molar-refractivity contribution in [2.45, 2.75) is 24.7 Å². The van der Waals surface area contributed by atoms with Gasteiger partial charge in [-0.3, -0.25) is 0 Å². The summed E-state index contributed by atoms with van der Waals surface area (Å²) in [6.45, 7) is 0. The van der Waals surface area contributed by atoms with Crippen molar-refractivity contribution in [2.75, 3.05) is 14.2 Å². The maximum absolute atomic E-state index is 5.71. The van der Waals surface area contributed by atoms with Crippen molar-refractivity contribution in [3.05, 3.63) is 59.7 Å². The monoisotopic (exact) mass is 292 g/mol. The van der Waals surface area contributed by atoms with E-state index in [1.54, 1.807) is 14.2 Å². The van der Waals surface area contributed by atoms with Crippen LogP contribution < -0.4 is 9.47 Å². The fourth-order valence-electron chi connectivity index (χ4n) is 5.49. The average molecular weight is 292 g/mol. The molecule has 5 aliphatic carbocycles. The topological polar surface area (TPSA) is 18.5 Å². The first-order valence-electron chi connectivity index (χ1n) is 8.06. The zero-order valence-electron chi connectivity index (χ0n) is 13.0. The molecule has 2 nitrogen and oxygen atoms in total. The number of allylic oxidation sites excluding steroid dienone is 6. The van der Waals surface area contributed by atoms with E-state index in [0.717, 1.165) is 24.3 Å². The Morgan fingerprint density at radius 1 is 0.818 bits per heavy atom. The molecule has 0 unspecified atom stereocenters. The number of ether oxygens (including phenoxy) is 2. The molecule has 0 radical (unpaired) electrons. The minimum atomic E-state index is 0.244. The van der Waals surface area contributed by atoms with Crippen molar-refractivity contribution < 1.29 is 9.47 Å². The molecule has 2 heteroatoms. The summed E-state index contributed by atoms with van der Waals surface area (Å²) >= 11 is 0. The van der Waals surface area contributed by atoms with E-state index in [2.05, 4.69) is 48.6 Å². The number of benzene rings is 1. The zero-order valence-corrected chi connectivity index (χ0v) is 13.0. The first kappa shape index (κ1) is 12.6. The molecule has 5 aliphatic rings. The third-order valence-electron chi connectivity index (χ3n) is 6.50. The van der Waals surface area contributed by atoms with Gasteiger partial charge in [0, 0.05) is 33.8 Å². The molecule has 0 fully saturated rings. The Labute approximate surface area is 131 Å². The summed E-state index contributed by atoms with van der Waals surface area (Å²) in [5, 5.41) is 0. The molecule has 22 heavy (non-hydrogen) atoms. The van der Waals surface area contributed by atoms with Crippen LogP contribution in [0.2, 0.25) is 0 Å². The lowest BCUT2D eigenvalue weighted by Crippen LogP contribution is -2.58. The van der Waals surface area contributed by atoms with E-state index >= 15 is 0 Å². The third-order valence-corrected chi connectivity index (χ3v) is 6.50. The van der Waals surface area contributed by atoms with E-state index in [1.807, 2.05) is 0 Å².